The molecule has 0 saturated carbocycles. The number of aryl methyl sites for hydroxylation is 1. The fourth-order valence-electron chi connectivity index (χ4n) is 3.39. The van der Waals surface area contributed by atoms with Crippen LogP contribution in [0.1, 0.15) is 23.7 Å². The SMILES string of the molecule is O[C@@H]1c2ccc3ccc4ccccc4c3c2CC[C@@H]1O. The summed E-state index contributed by atoms with van der Waals surface area (Å²) in [6, 6.07) is 16.6. The molecule has 20 heavy (non-hydrogen) atoms. The van der Waals surface area contributed by atoms with E-state index in [0.717, 1.165) is 12.0 Å². The lowest BCUT2D eigenvalue weighted by atomic mass is 9.83. The van der Waals surface area contributed by atoms with Crippen LogP contribution in [-0.2, 0) is 6.42 Å². The number of aliphatic hydroxyl groups is 2. The van der Waals surface area contributed by atoms with Crippen molar-refractivity contribution in [2.75, 3.05) is 0 Å². The molecule has 0 aliphatic heterocycles. The van der Waals surface area contributed by atoms with E-state index in [1.54, 1.807) is 0 Å². The monoisotopic (exact) mass is 264 g/mol. The molecule has 100 valence electrons. The molecule has 0 unspecified atom stereocenters. The third kappa shape index (κ3) is 1.59. The first-order chi connectivity index (χ1) is 9.75. The fraction of sp³-hybridized carbons (Fsp3) is 0.222. The minimum Gasteiger partial charge on any atom is -0.390 e. The van der Waals surface area contributed by atoms with Gasteiger partial charge in [-0.15, -0.1) is 0 Å². The van der Waals surface area contributed by atoms with E-state index < -0.39 is 12.2 Å². The maximum absolute atomic E-state index is 10.2. The number of hydrogen-bond acceptors (Lipinski definition) is 2. The summed E-state index contributed by atoms with van der Waals surface area (Å²) in [4.78, 5) is 0. The topological polar surface area (TPSA) is 40.5 Å². The van der Waals surface area contributed by atoms with Crippen LogP contribution in [0.2, 0.25) is 0 Å². The highest BCUT2D eigenvalue weighted by Crippen LogP contribution is 2.37. The van der Waals surface area contributed by atoms with Crippen molar-refractivity contribution in [3.05, 3.63) is 59.7 Å². The molecule has 2 heteroatoms. The van der Waals surface area contributed by atoms with Crippen LogP contribution in [0, 0.1) is 0 Å². The van der Waals surface area contributed by atoms with E-state index in [9.17, 15) is 10.2 Å². The van der Waals surface area contributed by atoms with E-state index in [4.69, 9.17) is 0 Å². The van der Waals surface area contributed by atoms with Crippen LogP contribution in [-0.4, -0.2) is 16.3 Å². The quantitative estimate of drug-likeness (QED) is 0.611. The number of fused-ring (bicyclic) bond motifs is 5. The Bertz CT molecular complexity index is 807. The zero-order chi connectivity index (χ0) is 13.7. The Hall–Kier alpha value is -1.90. The Labute approximate surface area is 117 Å². The Kier molecular flexibility index (Phi) is 2.56. The number of hydrogen-bond donors (Lipinski definition) is 2. The van der Waals surface area contributed by atoms with Crippen LogP contribution in [0.25, 0.3) is 21.5 Å². The van der Waals surface area contributed by atoms with E-state index in [0.29, 0.717) is 6.42 Å². The molecule has 2 N–H and O–H groups in total. The predicted octanol–water partition coefficient (Wildman–Crippen LogP) is 3.33. The van der Waals surface area contributed by atoms with Gasteiger partial charge in [-0.2, -0.15) is 0 Å². The molecule has 0 amide bonds. The molecule has 4 rings (SSSR count). The molecule has 0 bridgehead atoms. The Morgan fingerprint density at radius 2 is 1.60 bits per heavy atom. The van der Waals surface area contributed by atoms with Crippen LogP contribution < -0.4 is 0 Å². The molecule has 0 spiro atoms. The van der Waals surface area contributed by atoms with Gasteiger partial charge in [-0.1, -0.05) is 48.5 Å². The van der Waals surface area contributed by atoms with Crippen LogP contribution >= 0.6 is 0 Å². The third-order valence-electron chi connectivity index (χ3n) is 4.43. The molecule has 1 aliphatic rings. The van der Waals surface area contributed by atoms with Crippen molar-refractivity contribution in [3.63, 3.8) is 0 Å². The number of benzene rings is 3. The summed E-state index contributed by atoms with van der Waals surface area (Å²) in [5.41, 5.74) is 2.07. The first-order valence-electron chi connectivity index (χ1n) is 7.05. The van der Waals surface area contributed by atoms with E-state index >= 15 is 0 Å². The minimum absolute atomic E-state index is 0.622. The molecule has 3 aromatic carbocycles. The van der Waals surface area contributed by atoms with Crippen molar-refractivity contribution in [2.45, 2.75) is 25.0 Å². The van der Waals surface area contributed by atoms with Crippen molar-refractivity contribution < 1.29 is 10.2 Å². The second kappa shape index (κ2) is 4.30. The lowest BCUT2D eigenvalue weighted by Crippen LogP contribution is -2.25. The highest BCUT2D eigenvalue weighted by Gasteiger charge is 2.27. The van der Waals surface area contributed by atoms with Crippen LogP contribution in [0.15, 0.2) is 48.5 Å². The molecule has 0 heterocycles. The standard InChI is InChI=1S/C18H16O2/c19-16-10-9-14-15(18(16)20)8-7-12-6-5-11-3-1-2-4-13(11)17(12)14/h1-8,16,18-20H,9-10H2/t16-,18+/m0/s1. The van der Waals surface area contributed by atoms with Gasteiger partial charge in [-0.25, -0.2) is 0 Å². The Morgan fingerprint density at radius 1 is 0.850 bits per heavy atom. The maximum atomic E-state index is 10.2. The largest absolute Gasteiger partial charge is 0.390 e. The van der Waals surface area contributed by atoms with Gasteiger partial charge in [0.05, 0.1) is 6.10 Å². The molecule has 2 nitrogen and oxygen atoms in total. The van der Waals surface area contributed by atoms with Crippen LogP contribution in [0.5, 0.6) is 0 Å². The van der Waals surface area contributed by atoms with Gasteiger partial charge in [-0.3, -0.25) is 0 Å². The molecule has 1 aliphatic carbocycles. The van der Waals surface area contributed by atoms with Gasteiger partial charge in [0, 0.05) is 0 Å². The zero-order valence-electron chi connectivity index (χ0n) is 11.1. The van der Waals surface area contributed by atoms with Crippen molar-refractivity contribution in [2.24, 2.45) is 0 Å². The summed E-state index contributed by atoms with van der Waals surface area (Å²) in [5, 5.41) is 24.9. The molecule has 2 atom stereocenters. The van der Waals surface area contributed by atoms with E-state index in [1.165, 1.54) is 27.1 Å². The molecule has 3 aromatic rings. The van der Waals surface area contributed by atoms with Crippen LogP contribution in [0.3, 0.4) is 0 Å². The molecule has 0 aromatic heterocycles. The Balaban J connectivity index is 2.14. The Morgan fingerprint density at radius 3 is 2.50 bits per heavy atom. The van der Waals surface area contributed by atoms with Gasteiger partial charge in [0.2, 0.25) is 0 Å². The van der Waals surface area contributed by atoms with E-state index in [2.05, 4.69) is 30.3 Å². The molecule has 0 saturated heterocycles. The first-order valence-corrected chi connectivity index (χ1v) is 7.05. The normalized spacial score (nSPS) is 22.1. The summed E-state index contributed by atoms with van der Waals surface area (Å²) in [5.74, 6) is 0. The average molecular weight is 264 g/mol. The number of aliphatic hydroxyl groups excluding tert-OH is 2. The van der Waals surface area contributed by atoms with E-state index in [-0.39, 0.29) is 0 Å². The molecular formula is C18H16O2. The fourth-order valence-corrected chi connectivity index (χ4v) is 3.39. The zero-order valence-corrected chi connectivity index (χ0v) is 11.1. The van der Waals surface area contributed by atoms with Gasteiger partial charge in [-0.05, 0) is 45.5 Å². The second-order valence-electron chi connectivity index (χ2n) is 5.57. The van der Waals surface area contributed by atoms with Gasteiger partial charge < -0.3 is 10.2 Å². The summed E-state index contributed by atoms with van der Waals surface area (Å²) in [6.07, 6.45) is 0.0344. The predicted molar refractivity (Wildman–Crippen MR) is 80.7 cm³/mol. The molecular weight excluding hydrogens is 248 g/mol. The molecule has 0 radical (unpaired) electrons. The van der Waals surface area contributed by atoms with Gasteiger partial charge in [0.25, 0.3) is 0 Å². The van der Waals surface area contributed by atoms with E-state index in [1.807, 2.05) is 18.2 Å². The van der Waals surface area contributed by atoms with Gasteiger partial charge in [0.1, 0.15) is 6.10 Å². The second-order valence-corrected chi connectivity index (χ2v) is 5.57. The summed E-state index contributed by atoms with van der Waals surface area (Å²) < 4.78 is 0. The van der Waals surface area contributed by atoms with Crippen LogP contribution in [0.4, 0.5) is 0 Å². The van der Waals surface area contributed by atoms with Crippen molar-refractivity contribution in [1.82, 2.24) is 0 Å². The van der Waals surface area contributed by atoms with Crippen molar-refractivity contribution in [3.8, 4) is 0 Å². The van der Waals surface area contributed by atoms with Crippen molar-refractivity contribution >= 4 is 21.5 Å². The summed E-state index contributed by atoms with van der Waals surface area (Å²) in [6.45, 7) is 0. The van der Waals surface area contributed by atoms with Gasteiger partial charge in [0.15, 0.2) is 0 Å². The number of rotatable bonds is 0. The lowest BCUT2D eigenvalue weighted by molar-refractivity contribution is 0.00676. The minimum atomic E-state index is -0.762. The average Bonchev–Trinajstić information content (AvgIpc) is 2.50. The first kappa shape index (κ1) is 11.9. The highest BCUT2D eigenvalue weighted by atomic mass is 16.3. The summed E-state index contributed by atoms with van der Waals surface area (Å²) in [7, 11) is 0. The maximum Gasteiger partial charge on any atom is 0.105 e. The third-order valence-corrected chi connectivity index (χ3v) is 4.43. The molecule has 0 fully saturated rings. The van der Waals surface area contributed by atoms with Gasteiger partial charge >= 0.3 is 0 Å². The highest BCUT2D eigenvalue weighted by molar-refractivity contribution is 6.09. The van der Waals surface area contributed by atoms with Crippen molar-refractivity contribution in [1.29, 1.82) is 0 Å². The lowest BCUT2D eigenvalue weighted by Gasteiger charge is -2.28. The summed E-state index contributed by atoms with van der Waals surface area (Å²) >= 11 is 0. The smallest absolute Gasteiger partial charge is 0.105 e.